The summed E-state index contributed by atoms with van der Waals surface area (Å²) in [4.78, 5) is 4.52. The Bertz CT molecular complexity index is 892. The number of oxazole rings is 1. The number of hydrogen-bond acceptors (Lipinski definition) is 4. The van der Waals surface area contributed by atoms with Gasteiger partial charge in [0.25, 0.3) is 0 Å². The van der Waals surface area contributed by atoms with E-state index in [0.29, 0.717) is 5.89 Å². The van der Waals surface area contributed by atoms with Gasteiger partial charge in [-0.2, -0.15) is 0 Å². The van der Waals surface area contributed by atoms with Crippen LogP contribution in [0.2, 0.25) is 0 Å². The van der Waals surface area contributed by atoms with Crippen LogP contribution in [0.4, 0.5) is 0 Å². The van der Waals surface area contributed by atoms with E-state index >= 15 is 0 Å². The topological polar surface area (TPSA) is 56.7 Å². The summed E-state index contributed by atoms with van der Waals surface area (Å²) in [5, 5.41) is 7.60. The lowest BCUT2D eigenvalue weighted by molar-refractivity contribution is 0.619. The van der Waals surface area contributed by atoms with Gasteiger partial charge in [-0.05, 0) is 48.9 Å². The van der Waals surface area contributed by atoms with Gasteiger partial charge >= 0.3 is 0 Å². The van der Waals surface area contributed by atoms with Gasteiger partial charge in [0.05, 0.1) is 0 Å². The molecule has 5 heteroatoms. The third kappa shape index (κ3) is 2.08. The minimum absolute atomic E-state index is 0.630. The highest BCUT2D eigenvalue weighted by Crippen LogP contribution is 2.25. The molecule has 0 aliphatic rings. The molecule has 0 amide bonds. The van der Waals surface area contributed by atoms with Crippen LogP contribution in [0.1, 0.15) is 5.56 Å². The summed E-state index contributed by atoms with van der Waals surface area (Å²) in [6.45, 7) is 2.04. The van der Waals surface area contributed by atoms with Crippen LogP contribution < -0.4 is 0 Å². The predicted octanol–water partition coefficient (Wildman–Crippen LogP) is 3.38. The zero-order chi connectivity index (χ0) is 14.2. The van der Waals surface area contributed by atoms with Crippen molar-refractivity contribution in [3.8, 4) is 17.1 Å². The monoisotopic (exact) mass is 276 g/mol. The molecule has 5 nitrogen and oxygen atoms in total. The maximum Gasteiger partial charge on any atom is 0.227 e. The number of fused-ring (bicyclic) bond motifs is 1. The molecule has 0 N–H and O–H groups in total. The zero-order valence-corrected chi connectivity index (χ0v) is 11.4. The summed E-state index contributed by atoms with van der Waals surface area (Å²) in [6.07, 6.45) is 3.33. The summed E-state index contributed by atoms with van der Waals surface area (Å²) in [5.41, 5.74) is 4.79. The molecular formula is C16H12N4O. The largest absolute Gasteiger partial charge is 0.436 e. The van der Waals surface area contributed by atoms with Crippen LogP contribution in [0.3, 0.4) is 0 Å². The normalized spacial score (nSPS) is 11.1. The van der Waals surface area contributed by atoms with Crippen LogP contribution in [0, 0.1) is 6.92 Å². The van der Waals surface area contributed by atoms with E-state index in [2.05, 4.69) is 15.2 Å². The van der Waals surface area contributed by atoms with Gasteiger partial charge < -0.3 is 4.42 Å². The summed E-state index contributed by atoms with van der Waals surface area (Å²) in [7, 11) is 0. The Labute approximate surface area is 120 Å². The molecule has 0 saturated heterocycles. The molecule has 2 aromatic carbocycles. The zero-order valence-electron chi connectivity index (χ0n) is 11.4. The average molecular weight is 276 g/mol. The molecule has 2 heterocycles. The Morgan fingerprint density at radius 3 is 2.48 bits per heavy atom. The van der Waals surface area contributed by atoms with Gasteiger partial charge in [0.2, 0.25) is 5.89 Å². The molecule has 0 spiro atoms. The average Bonchev–Trinajstić information content (AvgIpc) is 3.16. The summed E-state index contributed by atoms with van der Waals surface area (Å²) in [6, 6.07) is 13.9. The molecule has 0 atom stereocenters. The first kappa shape index (κ1) is 11.8. The van der Waals surface area contributed by atoms with E-state index < -0.39 is 0 Å². The Balaban J connectivity index is 1.74. The second-order valence-corrected chi connectivity index (χ2v) is 4.91. The van der Waals surface area contributed by atoms with Crippen molar-refractivity contribution in [3.63, 3.8) is 0 Å². The molecule has 0 unspecified atom stereocenters. The molecule has 0 radical (unpaired) electrons. The fourth-order valence-corrected chi connectivity index (χ4v) is 2.27. The highest BCUT2D eigenvalue weighted by atomic mass is 16.3. The fourth-order valence-electron chi connectivity index (χ4n) is 2.27. The molecule has 4 rings (SSSR count). The van der Waals surface area contributed by atoms with Gasteiger partial charge in [-0.3, -0.25) is 4.57 Å². The molecule has 21 heavy (non-hydrogen) atoms. The van der Waals surface area contributed by atoms with E-state index in [1.807, 2.05) is 54.0 Å². The minimum Gasteiger partial charge on any atom is -0.436 e. The smallest absolute Gasteiger partial charge is 0.227 e. The summed E-state index contributed by atoms with van der Waals surface area (Å²) < 4.78 is 7.67. The Hall–Kier alpha value is -2.95. The molecular weight excluding hydrogens is 264 g/mol. The molecule has 0 aliphatic heterocycles. The predicted molar refractivity (Wildman–Crippen MR) is 79.1 cm³/mol. The highest BCUT2D eigenvalue weighted by molar-refractivity contribution is 5.76. The number of hydrogen-bond donors (Lipinski definition) is 0. The first-order chi connectivity index (χ1) is 10.3. The molecule has 0 bridgehead atoms. The minimum atomic E-state index is 0.630. The lowest BCUT2D eigenvalue weighted by Crippen LogP contribution is -1.89. The van der Waals surface area contributed by atoms with Crippen LogP contribution in [0.25, 0.3) is 28.2 Å². The molecule has 0 saturated carbocycles. The van der Waals surface area contributed by atoms with E-state index in [1.54, 1.807) is 12.7 Å². The number of aromatic nitrogens is 4. The van der Waals surface area contributed by atoms with Gasteiger partial charge in [0, 0.05) is 11.3 Å². The van der Waals surface area contributed by atoms with Crippen molar-refractivity contribution in [2.75, 3.05) is 0 Å². The molecule has 0 fully saturated rings. The van der Waals surface area contributed by atoms with E-state index in [1.165, 1.54) is 0 Å². The maximum absolute atomic E-state index is 5.82. The van der Waals surface area contributed by atoms with E-state index in [9.17, 15) is 0 Å². The van der Waals surface area contributed by atoms with E-state index in [4.69, 9.17) is 4.42 Å². The third-order valence-electron chi connectivity index (χ3n) is 3.38. The van der Waals surface area contributed by atoms with Crippen LogP contribution in [-0.2, 0) is 0 Å². The summed E-state index contributed by atoms with van der Waals surface area (Å²) >= 11 is 0. The number of benzene rings is 2. The maximum atomic E-state index is 5.82. The second kappa shape index (κ2) is 4.56. The molecule has 102 valence electrons. The number of nitrogens with zero attached hydrogens (tertiary/aromatic N) is 4. The third-order valence-corrected chi connectivity index (χ3v) is 3.38. The fraction of sp³-hybridized carbons (Fsp3) is 0.0625. The quantitative estimate of drug-likeness (QED) is 0.563. The first-order valence-electron chi connectivity index (χ1n) is 6.62. The second-order valence-electron chi connectivity index (χ2n) is 4.91. The SMILES string of the molecule is Cc1ccc2nc(-c3ccc(-n4cnnc4)cc3)oc2c1. The lowest BCUT2D eigenvalue weighted by Gasteiger charge is -2.01. The van der Waals surface area contributed by atoms with Crippen LogP contribution in [0.5, 0.6) is 0 Å². The Morgan fingerprint density at radius 2 is 1.71 bits per heavy atom. The van der Waals surface area contributed by atoms with Gasteiger partial charge in [-0.1, -0.05) is 6.07 Å². The number of aryl methyl sites for hydroxylation is 1. The summed E-state index contributed by atoms with van der Waals surface area (Å²) in [5.74, 6) is 0.630. The highest BCUT2D eigenvalue weighted by Gasteiger charge is 2.08. The van der Waals surface area contributed by atoms with Gasteiger partial charge in [-0.25, -0.2) is 4.98 Å². The molecule has 2 aromatic heterocycles. The Kier molecular flexibility index (Phi) is 2.57. The molecule has 4 aromatic rings. The van der Waals surface area contributed by atoms with Crippen molar-refractivity contribution in [1.29, 1.82) is 0 Å². The standard InChI is InChI=1S/C16H12N4O/c1-11-2-7-14-15(8-11)21-16(19-14)12-3-5-13(6-4-12)20-9-17-18-10-20/h2-10H,1H3. The van der Waals surface area contributed by atoms with Crippen molar-refractivity contribution >= 4 is 11.1 Å². The van der Waals surface area contributed by atoms with Crippen molar-refractivity contribution in [3.05, 3.63) is 60.7 Å². The van der Waals surface area contributed by atoms with Crippen molar-refractivity contribution in [2.45, 2.75) is 6.92 Å². The van der Waals surface area contributed by atoms with Gasteiger partial charge in [0.1, 0.15) is 18.2 Å². The van der Waals surface area contributed by atoms with Gasteiger partial charge in [-0.15, -0.1) is 10.2 Å². The molecule has 0 aliphatic carbocycles. The lowest BCUT2D eigenvalue weighted by atomic mass is 10.2. The van der Waals surface area contributed by atoms with Gasteiger partial charge in [0.15, 0.2) is 5.58 Å². The van der Waals surface area contributed by atoms with Crippen molar-refractivity contribution in [1.82, 2.24) is 19.7 Å². The van der Waals surface area contributed by atoms with Crippen molar-refractivity contribution < 1.29 is 4.42 Å². The first-order valence-corrected chi connectivity index (χ1v) is 6.62. The number of rotatable bonds is 2. The Morgan fingerprint density at radius 1 is 0.952 bits per heavy atom. The van der Waals surface area contributed by atoms with Crippen LogP contribution in [-0.4, -0.2) is 19.7 Å². The van der Waals surface area contributed by atoms with Crippen LogP contribution in [0.15, 0.2) is 59.5 Å². The van der Waals surface area contributed by atoms with E-state index in [0.717, 1.165) is 27.9 Å². The van der Waals surface area contributed by atoms with Crippen LogP contribution >= 0.6 is 0 Å². The van der Waals surface area contributed by atoms with Crippen molar-refractivity contribution in [2.24, 2.45) is 0 Å². The van der Waals surface area contributed by atoms with E-state index in [-0.39, 0.29) is 0 Å².